The van der Waals surface area contributed by atoms with Crippen LogP contribution in [0.5, 0.6) is 11.5 Å². The van der Waals surface area contributed by atoms with E-state index in [1.165, 1.54) is 7.11 Å². The molecule has 0 bridgehead atoms. The Kier molecular flexibility index (Phi) is 8.41. The van der Waals surface area contributed by atoms with Gasteiger partial charge in [0.05, 0.1) is 20.1 Å². The van der Waals surface area contributed by atoms with Crippen LogP contribution in [-0.4, -0.2) is 38.3 Å². The Hall–Kier alpha value is -4.12. The zero-order valence-electron chi connectivity index (χ0n) is 18.8. The molecule has 1 aliphatic rings. The fourth-order valence-electron chi connectivity index (χ4n) is 3.83. The first-order valence-electron chi connectivity index (χ1n) is 10.5. The summed E-state index contributed by atoms with van der Waals surface area (Å²) in [4.78, 5) is 43.7. The molecule has 2 aromatic carbocycles. The quantitative estimate of drug-likeness (QED) is 0.338. The normalized spacial score (nSPS) is 17.4. The Morgan fingerprint density at radius 1 is 1.03 bits per heavy atom. The lowest BCUT2D eigenvalue weighted by molar-refractivity contribution is -0.149. The van der Waals surface area contributed by atoms with Gasteiger partial charge in [-0.2, -0.15) is 5.90 Å². The largest absolute Gasteiger partial charge is 0.457 e. The van der Waals surface area contributed by atoms with Gasteiger partial charge >= 0.3 is 18.2 Å². The summed E-state index contributed by atoms with van der Waals surface area (Å²) in [5.41, 5.74) is 1.25. The molecular weight excluding hydrogens is 444 g/mol. The average Bonchev–Trinajstić information content (AvgIpc) is 3.33. The maximum absolute atomic E-state index is 12.2. The number of carbonyl (C=O) groups excluding carboxylic acids is 3. The number of carbonyl (C=O) groups is 3. The summed E-state index contributed by atoms with van der Waals surface area (Å²) in [5, 5.41) is 5.15. The van der Waals surface area contributed by atoms with Gasteiger partial charge in [-0.3, -0.25) is 10.1 Å². The molecule has 2 atom stereocenters. The van der Waals surface area contributed by atoms with Crippen molar-refractivity contribution in [1.82, 2.24) is 5.32 Å². The first-order valence-corrected chi connectivity index (χ1v) is 10.5. The zero-order valence-corrected chi connectivity index (χ0v) is 18.8. The summed E-state index contributed by atoms with van der Waals surface area (Å²) in [6, 6.07) is 14.3. The second-order valence-corrected chi connectivity index (χ2v) is 7.42. The Morgan fingerprint density at radius 2 is 1.79 bits per heavy atom. The van der Waals surface area contributed by atoms with E-state index in [-0.39, 0.29) is 17.8 Å². The number of guanidine groups is 1. The van der Waals surface area contributed by atoms with Gasteiger partial charge in [0.15, 0.2) is 0 Å². The molecule has 11 nitrogen and oxygen atoms in total. The number of hydrogen-bond donors (Lipinski definition) is 3. The van der Waals surface area contributed by atoms with E-state index in [2.05, 4.69) is 29.9 Å². The highest BCUT2D eigenvalue weighted by Gasteiger charge is 2.37. The molecular formula is C23H26N4O7. The summed E-state index contributed by atoms with van der Waals surface area (Å²) < 4.78 is 15.2. The van der Waals surface area contributed by atoms with E-state index in [4.69, 9.17) is 10.6 Å². The summed E-state index contributed by atoms with van der Waals surface area (Å²) >= 11 is 0. The number of alkyl carbamates (subject to hydrolysis) is 1. The lowest BCUT2D eigenvalue weighted by Gasteiger charge is -2.22. The average molecular weight is 470 g/mol. The molecule has 4 N–H and O–H groups in total. The molecule has 0 saturated heterocycles. The minimum atomic E-state index is -0.926. The maximum Gasteiger partial charge on any atom is 0.436 e. The van der Waals surface area contributed by atoms with Crippen LogP contribution >= 0.6 is 0 Å². The molecule has 0 aliphatic heterocycles. The predicted molar refractivity (Wildman–Crippen MR) is 122 cm³/mol. The summed E-state index contributed by atoms with van der Waals surface area (Å²) in [5.74, 6) is 5.00. The molecule has 0 aromatic heterocycles. The summed E-state index contributed by atoms with van der Waals surface area (Å²) in [7, 11) is 2.34. The van der Waals surface area contributed by atoms with Crippen LogP contribution in [0.15, 0.2) is 53.5 Å². The minimum Gasteiger partial charge on any atom is -0.457 e. The molecule has 1 aliphatic carbocycles. The van der Waals surface area contributed by atoms with E-state index >= 15 is 0 Å². The van der Waals surface area contributed by atoms with Gasteiger partial charge in [-0.25, -0.2) is 9.59 Å². The van der Waals surface area contributed by atoms with Gasteiger partial charge in [0.1, 0.15) is 11.5 Å². The number of hydrogen-bond acceptors (Lipinski definition) is 8. The third-order valence-electron chi connectivity index (χ3n) is 5.37. The molecule has 180 valence electrons. The molecule has 0 heterocycles. The number of anilines is 1. The Morgan fingerprint density at radius 3 is 2.47 bits per heavy atom. The SMILES string of the molecule is COC(=O)N=C(NC(=O)OC)Nc1ccc(C2CCCC2C(=O)ON)c(Oc2ccccc2)c1. The third-order valence-corrected chi connectivity index (χ3v) is 5.37. The minimum absolute atomic E-state index is 0.153. The predicted octanol–water partition coefficient (Wildman–Crippen LogP) is 3.67. The fourth-order valence-corrected chi connectivity index (χ4v) is 3.83. The standard InChI is InChI=1S/C23H26N4O7/c1-31-22(29)26-21(27-23(30)32-2)25-14-11-12-17(16-9-6-10-18(16)20(28)34-24)19(13-14)33-15-7-4-3-5-8-15/h3-5,7-8,11-13,16,18H,6,9-10,24H2,1-2H3,(H2,25,26,27,29,30). The molecule has 34 heavy (non-hydrogen) atoms. The topological polar surface area (TPSA) is 151 Å². The van der Waals surface area contributed by atoms with Crippen LogP contribution < -0.4 is 21.3 Å². The number of rotatable bonds is 5. The van der Waals surface area contributed by atoms with Gasteiger partial charge in [0.2, 0.25) is 5.96 Å². The number of nitrogens with two attached hydrogens (primary N) is 1. The molecule has 11 heteroatoms. The van der Waals surface area contributed by atoms with Crippen LogP contribution in [0.1, 0.15) is 30.7 Å². The van der Waals surface area contributed by atoms with Gasteiger partial charge in [-0.05, 0) is 36.6 Å². The molecule has 0 radical (unpaired) electrons. The Balaban J connectivity index is 1.97. The Labute approximate surface area is 196 Å². The van der Waals surface area contributed by atoms with Crippen molar-refractivity contribution in [3.05, 3.63) is 54.1 Å². The van der Waals surface area contributed by atoms with Crippen molar-refractivity contribution in [2.24, 2.45) is 16.8 Å². The highest BCUT2D eigenvalue weighted by atomic mass is 16.7. The van der Waals surface area contributed by atoms with E-state index in [1.54, 1.807) is 30.3 Å². The number of aliphatic imine (C=N–C) groups is 1. The number of methoxy groups -OCH3 is 2. The number of nitrogens with one attached hydrogen (secondary N) is 2. The lowest BCUT2D eigenvalue weighted by atomic mass is 9.88. The Bertz CT molecular complexity index is 1060. The molecule has 3 rings (SSSR count). The van der Waals surface area contributed by atoms with Crippen LogP contribution in [-0.2, 0) is 19.1 Å². The molecule has 2 aromatic rings. The van der Waals surface area contributed by atoms with Gasteiger partial charge in [-0.1, -0.05) is 30.7 Å². The van der Waals surface area contributed by atoms with E-state index in [0.29, 0.717) is 23.6 Å². The molecule has 2 unspecified atom stereocenters. The fraction of sp³-hybridized carbons (Fsp3) is 0.304. The van der Waals surface area contributed by atoms with E-state index in [9.17, 15) is 14.4 Å². The third kappa shape index (κ3) is 6.23. The second-order valence-electron chi connectivity index (χ2n) is 7.42. The number of amides is 2. The van der Waals surface area contributed by atoms with Crippen LogP contribution in [0.25, 0.3) is 0 Å². The van der Waals surface area contributed by atoms with Crippen molar-refractivity contribution in [3.63, 3.8) is 0 Å². The van der Waals surface area contributed by atoms with Crippen molar-refractivity contribution in [2.75, 3.05) is 19.5 Å². The molecule has 0 spiro atoms. The van der Waals surface area contributed by atoms with Crippen molar-refractivity contribution in [1.29, 1.82) is 0 Å². The molecule has 2 amide bonds. The number of para-hydroxylation sites is 1. The van der Waals surface area contributed by atoms with Crippen molar-refractivity contribution in [3.8, 4) is 11.5 Å². The van der Waals surface area contributed by atoms with Gasteiger partial charge in [0.25, 0.3) is 0 Å². The van der Waals surface area contributed by atoms with Crippen LogP contribution in [0, 0.1) is 5.92 Å². The van der Waals surface area contributed by atoms with Crippen molar-refractivity contribution < 1.29 is 33.4 Å². The van der Waals surface area contributed by atoms with E-state index in [0.717, 1.165) is 25.5 Å². The summed E-state index contributed by atoms with van der Waals surface area (Å²) in [6.45, 7) is 0. The van der Waals surface area contributed by atoms with Crippen LogP contribution in [0.2, 0.25) is 0 Å². The van der Waals surface area contributed by atoms with Crippen molar-refractivity contribution >= 4 is 29.8 Å². The first-order chi connectivity index (χ1) is 16.4. The smallest absolute Gasteiger partial charge is 0.436 e. The number of nitrogens with zero attached hydrogens (tertiary/aromatic N) is 1. The van der Waals surface area contributed by atoms with Gasteiger partial charge in [-0.15, -0.1) is 4.99 Å². The van der Waals surface area contributed by atoms with Crippen LogP contribution in [0.4, 0.5) is 15.3 Å². The van der Waals surface area contributed by atoms with E-state index in [1.807, 2.05) is 18.2 Å². The van der Waals surface area contributed by atoms with E-state index < -0.39 is 18.2 Å². The number of ether oxygens (including phenoxy) is 3. The highest BCUT2D eigenvalue weighted by Crippen LogP contribution is 2.45. The maximum atomic E-state index is 12.2. The molecule has 1 fully saturated rings. The highest BCUT2D eigenvalue weighted by molar-refractivity contribution is 6.06. The first kappa shape index (κ1) is 24.5. The lowest BCUT2D eigenvalue weighted by Crippen LogP contribution is -2.36. The molecule has 1 saturated carbocycles. The van der Waals surface area contributed by atoms with Gasteiger partial charge in [0, 0.05) is 17.7 Å². The zero-order chi connectivity index (χ0) is 24.5. The van der Waals surface area contributed by atoms with Gasteiger partial charge < -0.3 is 24.4 Å². The monoisotopic (exact) mass is 470 g/mol. The summed E-state index contributed by atoms with van der Waals surface area (Å²) in [6.07, 6.45) is 0.502. The number of benzene rings is 2. The second kappa shape index (κ2) is 11.7. The van der Waals surface area contributed by atoms with Crippen LogP contribution in [0.3, 0.4) is 0 Å². The van der Waals surface area contributed by atoms with Crippen molar-refractivity contribution in [2.45, 2.75) is 25.2 Å².